The van der Waals surface area contributed by atoms with Crippen LogP contribution in [0.1, 0.15) is 56.6 Å². The van der Waals surface area contributed by atoms with Gasteiger partial charge in [0.15, 0.2) is 6.04 Å². The van der Waals surface area contributed by atoms with Crippen LogP contribution in [0.5, 0.6) is 0 Å². The van der Waals surface area contributed by atoms with E-state index in [1.807, 2.05) is 0 Å². The number of imide groups is 1. The van der Waals surface area contributed by atoms with E-state index in [9.17, 15) is 19.5 Å². The third-order valence-electron chi connectivity index (χ3n) is 5.10. The van der Waals surface area contributed by atoms with Gasteiger partial charge in [0, 0.05) is 6.42 Å². The van der Waals surface area contributed by atoms with Crippen LogP contribution < -0.4 is 0 Å². The lowest BCUT2D eigenvalue weighted by molar-refractivity contribution is -0.156. The summed E-state index contributed by atoms with van der Waals surface area (Å²) in [5, 5.41) is 9.62. The fourth-order valence-electron chi connectivity index (χ4n) is 3.91. The molecule has 3 rings (SSSR count). The fraction of sp³-hybridized carbons (Fsp3) is 0.500. The summed E-state index contributed by atoms with van der Waals surface area (Å²) in [4.78, 5) is 38.3. The largest absolute Gasteiger partial charge is 0.479 e. The normalized spacial score (nSPS) is 22.2. The molecule has 0 radical (unpaired) electrons. The van der Waals surface area contributed by atoms with Crippen LogP contribution in [0.3, 0.4) is 0 Å². The molecule has 1 spiro atoms. The number of rotatable bonds is 3. The van der Waals surface area contributed by atoms with Crippen LogP contribution in [0.25, 0.3) is 0 Å². The first kappa shape index (κ1) is 15.7. The summed E-state index contributed by atoms with van der Waals surface area (Å²) < 4.78 is 0. The van der Waals surface area contributed by atoms with Crippen LogP contribution in [-0.2, 0) is 14.4 Å². The maximum atomic E-state index is 13.0. The highest BCUT2D eigenvalue weighted by Crippen LogP contribution is 2.46. The monoisotopic (exact) mass is 315 g/mol. The Hall–Kier alpha value is -2.17. The number of aliphatic carboxylic acids is 1. The minimum atomic E-state index is -1.22. The molecule has 23 heavy (non-hydrogen) atoms. The SMILES string of the molecule is O=C(O)[C@H](c1ccccc1)N1C(=O)CC2(CCCCCC2)C1=O. The Kier molecular flexibility index (Phi) is 4.20. The van der Waals surface area contributed by atoms with E-state index in [1.165, 1.54) is 0 Å². The maximum absolute atomic E-state index is 13.0. The third kappa shape index (κ3) is 2.76. The lowest BCUT2D eigenvalue weighted by Gasteiger charge is -2.28. The summed E-state index contributed by atoms with van der Waals surface area (Å²) in [5.41, 5.74) is -0.205. The average molecular weight is 315 g/mol. The molecule has 0 bridgehead atoms. The van der Waals surface area contributed by atoms with Gasteiger partial charge in [-0.3, -0.25) is 14.5 Å². The number of benzene rings is 1. The van der Waals surface area contributed by atoms with Crippen molar-refractivity contribution in [2.24, 2.45) is 5.41 Å². The van der Waals surface area contributed by atoms with Gasteiger partial charge >= 0.3 is 5.97 Å². The topological polar surface area (TPSA) is 74.7 Å². The standard InChI is InChI=1S/C18H21NO4/c20-14-12-18(10-6-1-2-7-11-18)17(23)19(14)15(16(21)22)13-8-4-3-5-9-13/h3-5,8-9,15H,1-2,6-7,10-12H2,(H,21,22)/t15-/m0/s1. The molecule has 0 unspecified atom stereocenters. The molecular formula is C18H21NO4. The van der Waals surface area contributed by atoms with Crippen LogP contribution >= 0.6 is 0 Å². The lowest BCUT2D eigenvalue weighted by atomic mass is 9.79. The summed E-state index contributed by atoms with van der Waals surface area (Å²) in [6.07, 6.45) is 5.53. The van der Waals surface area contributed by atoms with E-state index in [0.717, 1.165) is 30.6 Å². The molecule has 122 valence electrons. The zero-order valence-corrected chi connectivity index (χ0v) is 13.0. The summed E-state index contributed by atoms with van der Waals surface area (Å²) in [5.74, 6) is -1.81. The Morgan fingerprint density at radius 3 is 2.22 bits per heavy atom. The molecule has 1 aliphatic heterocycles. The zero-order valence-electron chi connectivity index (χ0n) is 13.0. The van der Waals surface area contributed by atoms with Gasteiger partial charge in [-0.2, -0.15) is 0 Å². The Labute approximate surface area is 135 Å². The summed E-state index contributed by atoms with van der Waals surface area (Å²) in [7, 11) is 0. The van der Waals surface area contributed by atoms with E-state index in [1.54, 1.807) is 30.3 Å². The first-order chi connectivity index (χ1) is 11.1. The lowest BCUT2D eigenvalue weighted by Crippen LogP contribution is -2.41. The molecule has 1 saturated heterocycles. The van der Waals surface area contributed by atoms with Gasteiger partial charge in [-0.1, -0.05) is 56.0 Å². The fourth-order valence-corrected chi connectivity index (χ4v) is 3.91. The quantitative estimate of drug-likeness (QED) is 0.870. The molecule has 2 aliphatic rings. The van der Waals surface area contributed by atoms with Gasteiger partial charge in [0.1, 0.15) is 0 Å². The number of hydrogen-bond donors (Lipinski definition) is 1. The molecule has 1 aromatic rings. The Morgan fingerprint density at radius 2 is 1.65 bits per heavy atom. The van der Waals surface area contributed by atoms with E-state index >= 15 is 0 Å². The van der Waals surface area contributed by atoms with Gasteiger partial charge in [0.2, 0.25) is 11.8 Å². The maximum Gasteiger partial charge on any atom is 0.331 e. The average Bonchev–Trinajstić information content (AvgIpc) is 2.71. The van der Waals surface area contributed by atoms with E-state index in [2.05, 4.69) is 0 Å². The van der Waals surface area contributed by atoms with Crippen LogP contribution in [0.15, 0.2) is 30.3 Å². The van der Waals surface area contributed by atoms with Crippen molar-refractivity contribution in [1.29, 1.82) is 0 Å². The second kappa shape index (κ2) is 6.14. The van der Waals surface area contributed by atoms with Gasteiger partial charge in [-0.15, -0.1) is 0 Å². The summed E-state index contributed by atoms with van der Waals surface area (Å²) in [6.45, 7) is 0. The molecular weight excluding hydrogens is 294 g/mol. The molecule has 1 saturated carbocycles. The van der Waals surface area contributed by atoms with Crippen molar-refractivity contribution < 1.29 is 19.5 Å². The first-order valence-electron chi connectivity index (χ1n) is 8.19. The molecule has 1 atom stereocenters. The summed E-state index contributed by atoms with van der Waals surface area (Å²) in [6, 6.07) is 7.30. The number of carboxylic acids is 1. The highest BCUT2D eigenvalue weighted by molar-refractivity contribution is 6.08. The predicted octanol–water partition coefficient (Wildman–Crippen LogP) is 2.91. The Bertz CT molecular complexity index is 617. The van der Waals surface area contributed by atoms with Gasteiger partial charge in [0.25, 0.3) is 0 Å². The Morgan fingerprint density at radius 1 is 1.04 bits per heavy atom. The zero-order chi connectivity index (χ0) is 16.4. The molecule has 5 nitrogen and oxygen atoms in total. The van der Waals surface area contributed by atoms with Gasteiger partial charge in [-0.25, -0.2) is 4.79 Å². The molecule has 0 aromatic heterocycles. The molecule has 5 heteroatoms. The minimum absolute atomic E-state index is 0.155. The molecule has 1 aliphatic carbocycles. The number of carboxylic acid groups (broad SMARTS) is 1. The molecule has 1 heterocycles. The van der Waals surface area contributed by atoms with Gasteiger partial charge < -0.3 is 5.11 Å². The van der Waals surface area contributed by atoms with E-state index < -0.39 is 17.4 Å². The van der Waals surface area contributed by atoms with Crippen LogP contribution in [-0.4, -0.2) is 27.8 Å². The molecule has 1 aromatic carbocycles. The highest BCUT2D eigenvalue weighted by atomic mass is 16.4. The molecule has 1 N–H and O–H groups in total. The van der Waals surface area contributed by atoms with E-state index in [-0.39, 0.29) is 18.2 Å². The third-order valence-corrected chi connectivity index (χ3v) is 5.10. The first-order valence-corrected chi connectivity index (χ1v) is 8.19. The number of nitrogens with zero attached hydrogens (tertiary/aromatic N) is 1. The van der Waals surface area contributed by atoms with Crippen LogP contribution in [0, 0.1) is 5.41 Å². The number of carbonyl (C=O) groups excluding carboxylic acids is 2. The Balaban J connectivity index is 1.96. The van der Waals surface area contributed by atoms with Crippen molar-refractivity contribution in [3.05, 3.63) is 35.9 Å². The van der Waals surface area contributed by atoms with Crippen LogP contribution in [0.2, 0.25) is 0 Å². The smallest absolute Gasteiger partial charge is 0.331 e. The van der Waals surface area contributed by atoms with Gasteiger partial charge in [-0.05, 0) is 18.4 Å². The number of amides is 2. The number of carbonyl (C=O) groups is 3. The van der Waals surface area contributed by atoms with Crippen molar-refractivity contribution in [2.75, 3.05) is 0 Å². The van der Waals surface area contributed by atoms with Crippen molar-refractivity contribution in [3.63, 3.8) is 0 Å². The van der Waals surface area contributed by atoms with Crippen molar-refractivity contribution in [3.8, 4) is 0 Å². The summed E-state index contributed by atoms with van der Waals surface area (Å²) >= 11 is 0. The highest BCUT2D eigenvalue weighted by Gasteiger charge is 2.54. The van der Waals surface area contributed by atoms with E-state index in [4.69, 9.17) is 0 Å². The van der Waals surface area contributed by atoms with Crippen molar-refractivity contribution in [1.82, 2.24) is 4.90 Å². The second-order valence-corrected chi connectivity index (χ2v) is 6.59. The number of likely N-dealkylation sites (tertiary alicyclic amines) is 1. The predicted molar refractivity (Wildman–Crippen MR) is 83.4 cm³/mol. The second-order valence-electron chi connectivity index (χ2n) is 6.59. The minimum Gasteiger partial charge on any atom is -0.479 e. The van der Waals surface area contributed by atoms with Crippen molar-refractivity contribution in [2.45, 2.75) is 51.0 Å². The van der Waals surface area contributed by atoms with Crippen LogP contribution in [0.4, 0.5) is 0 Å². The number of hydrogen-bond acceptors (Lipinski definition) is 3. The molecule has 2 fully saturated rings. The van der Waals surface area contributed by atoms with Crippen molar-refractivity contribution >= 4 is 17.8 Å². The van der Waals surface area contributed by atoms with E-state index in [0.29, 0.717) is 18.4 Å². The molecule has 2 amide bonds. The van der Waals surface area contributed by atoms with Gasteiger partial charge in [0.05, 0.1) is 5.41 Å².